The van der Waals surface area contributed by atoms with Crippen molar-refractivity contribution in [3.05, 3.63) is 23.3 Å². The quantitative estimate of drug-likeness (QED) is 0.702. The van der Waals surface area contributed by atoms with E-state index in [-0.39, 0.29) is 0 Å². The molecule has 28 heavy (non-hydrogen) atoms. The number of fused-ring (bicyclic) bond motifs is 1. The lowest BCUT2D eigenvalue weighted by atomic mass is 9.72. The third-order valence-corrected chi connectivity index (χ3v) is 6.67. The van der Waals surface area contributed by atoms with E-state index in [1.165, 1.54) is 24.0 Å². The summed E-state index contributed by atoms with van der Waals surface area (Å²) in [6.07, 6.45) is 5.01. The minimum absolute atomic E-state index is 0.307. The SMILES string of the molecule is COCCCN1CC2(CCC1=O)CCN(Cc1cc3c(cc1C)OCO3)CC2. The highest BCUT2D eigenvalue weighted by Gasteiger charge is 2.40. The Morgan fingerprint density at radius 3 is 2.64 bits per heavy atom. The van der Waals surface area contributed by atoms with Gasteiger partial charge in [0.15, 0.2) is 11.5 Å². The second-order valence-electron chi connectivity index (χ2n) is 8.57. The fourth-order valence-corrected chi connectivity index (χ4v) is 4.80. The Morgan fingerprint density at radius 2 is 1.89 bits per heavy atom. The Bertz CT molecular complexity index is 713. The number of nitrogens with zero attached hydrogens (tertiary/aromatic N) is 2. The molecule has 1 aromatic carbocycles. The zero-order valence-electron chi connectivity index (χ0n) is 17.2. The molecule has 6 heteroatoms. The Morgan fingerprint density at radius 1 is 1.14 bits per heavy atom. The van der Waals surface area contributed by atoms with Crippen molar-refractivity contribution in [3.8, 4) is 11.5 Å². The summed E-state index contributed by atoms with van der Waals surface area (Å²) >= 11 is 0. The summed E-state index contributed by atoms with van der Waals surface area (Å²) in [7, 11) is 1.72. The average Bonchev–Trinajstić information content (AvgIpc) is 3.14. The van der Waals surface area contributed by atoms with Gasteiger partial charge in [-0.1, -0.05) is 0 Å². The van der Waals surface area contributed by atoms with E-state index in [1.54, 1.807) is 7.11 Å². The Balaban J connectivity index is 1.33. The summed E-state index contributed by atoms with van der Waals surface area (Å²) in [6.45, 7) is 8.08. The van der Waals surface area contributed by atoms with Crippen molar-refractivity contribution in [3.63, 3.8) is 0 Å². The van der Waals surface area contributed by atoms with Gasteiger partial charge in [-0.25, -0.2) is 0 Å². The highest BCUT2D eigenvalue weighted by atomic mass is 16.7. The maximum atomic E-state index is 12.3. The molecule has 3 heterocycles. The van der Waals surface area contributed by atoms with Gasteiger partial charge in [0, 0.05) is 39.8 Å². The number of aryl methyl sites for hydroxylation is 1. The molecule has 2 saturated heterocycles. The summed E-state index contributed by atoms with van der Waals surface area (Å²) < 4.78 is 16.2. The number of amides is 1. The molecule has 6 nitrogen and oxygen atoms in total. The van der Waals surface area contributed by atoms with Crippen LogP contribution in [0.25, 0.3) is 0 Å². The third-order valence-electron chi connectivity index (χ3n) is 6.67. The van der Waals surface area contributed by atoms with Crippen LogP contribution in [0.3, 0.4) is 0 Å². The summed E-state index contributed by atoms with van der Waals surface area (Å²) in [4.78, 5) is 16.9. The van der Waals surface area contributed by atoms with Gasteiger partial charge in [-0.3, -0.25) is 9.69 Å². The van der Waals surface area contributed by atoms with Crippen LogP contribution in [-0.2, 0) is 16.1 Å². The van der Waals surface area contributed by atoms with E-state index in [1.807, 2.05) is 0 Å². The second kappa shape index (κ2) is 8.29. The number of hydrogen-bond donors (Lipinski definition) is 0. The van der Waals surface area contributed by atoms with Crippen molar-refractivity contribution in [2.24, 2.45) is 5.41 Å². The molecular weight excluding hydrogens is 356 g/mol. The molecule has 0 atom stereocenters. The molecule has 154 valence electrons. The van der Waals surface area contributed by atoms with Gasteiger partial charge >= 0.3 is 0 Å². The van der Waals surface area contributed by atoms with Crippen LogP contribution < -0.4 is 9.47 Å². The maximum absolute atomic E-state index is 12.3. The predicted molar refractivity (Wildman–Crippen MR) is 107 cm³/mol. The molecule has 3 aliphatic rings. The molecule has 0 aromatic heterocycles. The van der Waals surface area contributed by atoms with Gasteiger partial charge < -0.3 is 19.1 Å². The molecular formula is C22H32N2O4. The lowest BCUT2D eigenvalue weighted by molar-refractivity contribution is -0.139. The summed E-state index contributed by atoms with van der Waals surface area (Å²) in [5.74, 6) is 2.05. The van der Waals surface area contributed by atoms with Gasteiger partial charge in [-0.05, 0) is 74.4 Å². The predicted octanol–water partition coefficient (Wildman–Crippen LogP) is 2.96. The minimum Gasteiger partial charge on any atom is -0.454 e. The Labute approximate surface area is 167 Å². The smallest absolute Gasteiger partial charge is 0.231 e. The van der Waals surface area contributed by atoms with Crippen molar-refractivity contribution in [2.45, 2.75) is 45.6 Å². The van der Waals surface area contributed by atoms with Crippen LogP contribution in [0.1, 0.15) is 43.2 Å². The van der Waals surface area contributed by atoms with Crippen molar-refractivity contribution < 1.29 is 19.0 Å². The van der Waals surface area contributed by atoms with Gasteiger partial charge in [-0.2, -0.15) is 0 Å². The minimum atomic E-state index is 0.307. The van der Waals surface area contributed by atoms with E-state index in [0.717, 1.165) is 63.7 Å². The van der Waals surface area contributed by atoms with Crippen LogP contribution in [0.2, 0.25) is 0 Å². The molecule has 1 aromatic rings. The van der Waals surface area contributed by atoms with Crippen molar-refractivity contribution in [1.82, 2.24) is 9.80 Å². The lowest BCUT2D eigenvalue weighted by Gasteiger charge is -2.47. The normalized spacial score (nSPS) is 21.5. The van der Waals surface area contributed by atoms with Crippen molar-refractivity contribution in [1.29, 1.82) is 0 Å². The third kappa shape index (κ3) is 4.13. The summed E-state index contributed by atoms with van der Waals surface area (Å²) in [5, 5.41) is 0. The molecule has 0 unspecified atom stereocenters. The standard InChI is InChI=1S/C22H32N2O4/c1-17-12-19-20(28-16-27-19)13-18(17)14-23-9-6-22(7-10-23)5-4-21(25)24(15-22)8-3-11-26-2/h12-13H,3-11,14-16H2,1-2H3. The number of likely N-dealkylation sites (tertiary alicyclic amines) is 2. The molecule has 4 rings (SSSR count). The fraction of sp³-hybridized carbons (Fsp3) is 0.682. The molecule has 1 spiro atoms. The highest BCUT2D eigenvalue weighted by molar-refractivity contribution is 5.77. The van der Waals surface area contributed by atoms with Gasteiger partial charge in [0.1, 0.15) is 0 Å². The van der Waals surface area contributed by atoms with E-state index in [2.05, 4.69) is 28.9 Å². The van der Waals surface area contributed by atoms with Crippen LogP contribution >= 0.6 is 0 Å². The lowest BCUT2D eigenvalue weighted by Crippen LogP contribution is -2.51. The maximum Gasteiger partial charge on any atom is 0.231 e. The van der Waals surface area contributed by atoms with Gasteiger partial charge in [0.2, 0.25) is 12.7 Å². The average molecular weight is 389 g/mol. The molecule has 0 saturated carbocycles. The molecule has 0 radical (unpaired) electrons. The van der Waals surface area contributed by atoms with Crippen LogP contribution in [0, 0.1) is 12.3 Å². The first-order valence-corrected chi connectivity index (χ1v) is 10.5. The number of ether oxygens (including phenoxy) is 3. The van der Waals surface area contributed by atoms with Gasteiger partial charge in [-0.15, -0.1) is 0 Å². The number of carbonyl (C=O) groups is 1. The van der Waals surface area contributed by atoms with Crippen LogP contribution in [0.4, 0.5) is 0 Å². The first-order chi connectivity index (χ1) is 13.6. The van der Waals surface area contributed by atoms with Crippen LogP contribution in [0.15, 0.2) is 12.1 Å². The number of piperidine rings is 2. The van der Waals surface area contributed by atoms with E-state index >= 15 is 0 Å². The van der Waals surface area contributed by atoms with Crippen molar-refractivity contribution >= 4 is 5.91 Å². The largest absolute Gasteiger partial charge is 0.454 e. The summed E-state index contributed by atoms with van der Waals surface area (Å²) in [5.41, 5.74) is 2.89. The number of rotatable bonds is 6. The number of carbonyl (C=O) groups excluding carboxylic acids is 1. The zero-order chi connectivity index (χ0) is 19.6. The number of benzene rings is 1. The molecule has 1 amide bonds. The monoisotopic (exact) mass is 388 g/mol. The molecule has 3 aliphatic heterocycles. The zero-order valence-corrected chi connectivity index (χ0v) is 17.2. The van der Waals surface area contributed by atoms with E-state index in [4.69, 9.17) is 14.2 Å². The van der Waals surface area contributed by atoms with Crippen molar-refractivity contribution in [2.75, 3.05) is 46.7 Å². The van der Waals surface area contributed by atoms with E-state index in [0.29, 0.717) is 24.5 Å². The molecule has 0 bridgehead atoms. The number of hydrogen-bond acceptors (Lipinski definition) is 5. The first-order valence-electron chi connectivity index (χ1n) is 10.5. The van der Waals surface area contributed by atoms with E-state index < -0.39 is 0 Å². The van der Waals surface area contributed by atoms with Crippen LogP contribution in [-0.4, -0.2) is 62.4 Å². The molecule has 0 aliphatic carbocycles. The summed E-state index contributed by atoms with van der Waals surface area (Å²) in [6, 6.07) is 4.23. The fourth-order valence-electron chi connectivity index (χ4n) is 4.80. The number of methoxy groups -OCH3 is 1. The highest BCUT2D eigenvalue weighted by Crippen LogP contribution is 2.41. The Kier molecular flexibility index (Phi) is 5.78. The topological polar surface area (TPSA) is 51.2 Å². The Hall–Kier alpha value is -1.79. The van der Waals surface area contributed by atoms with E-state index in [9.17, 15) is 4.79 Å². The van der Waals surface area contributed by atoms with Gasteiger partial charge in [0.05, 0.1) is 0 Å². The second-order valence-corrected chi connectivity index (χ2v) is 8.57. The van der Waals surface area contributed by atoms with Crippen LogP contribution in [0.5, 0.6) is 11.5 Å². The van der Waals surface area contributed by atoms with Gasteiger partial charge in [0.25, 0.3) is 0 Å². The molecule has 2 fully saturated rings. The first kappa shape index (κ1) is 19.5. The molecule has 0 N–H and O–H groups in total.